The van der Waals surface area contributed by atoms with E-state index in [0.717, 1.165) is 17.8 Å². The predicted octanol–water partition coefficient (Wildman–Crippen LogP) is 2.64. The molecule has 0 saturated carbocycles. The van der Waals surface area contributed by atoms with Crippen LogP contribution in [0.5, 0.6) is 0 Å². The van der Waals surface area contributed by atoms with Crippen LogP contribution in [0.4, 0.5) is 5.69 Å². The number of benzene rings is 1. The maximum atomic E-state index is 4.82. The zero-order valence-corrected chi connectivity index (χ0v) is 11.8. The average molecular weight is 243 g/mol. The highest BCUT2D eigenvalue weighted by Crippen LogP contribution is 2.31. The molecule has 3 nitrogen and oxygen atoms in total. The number of nitrogens with zero attached hydrogens (tertiary/aromatic N) is 2. The maximum absolute atomic E-state index is 4.82. The van der Waals surface area contributed by atoms with Gasteiger partial charge in [0.15, 0.2) is 0 Å². The highest BCUT2D eigenvalue weighted by Gasteiger charge is 2.13. The second kappa shape index (κ2) is 4.94. The lowest BCUT2D eigenvalue weighted by atomic mass is 10.0. The van der Waals surface area contributed by atoms with Gasteiger partial charge in [-0.25, -0.2) is 0 Å². The molecule has 1 N–H and O–H groups in total. The fourth-order valence-electron chi connectivity index (χ4n) is 2.47. The predicted molar refractivity (Wildman–Crippen MR) is 78.3 cm³/mol. The third kappa shape index (κ3) is 2.06. The van der Waals surface area contributed by atoms with Crippen LogP contribution in [0.3, 0.4) is 0 Å². The van der Waals surface area contributed by atoms with Crippen molar-refractivity contribution in [3.63, 3.8) is 0 Å². The number of pyridine rings is 1. The molecule has 0 unspecified atom stereocenters. The molecule has 18 heavy (non-hydrogen) atoms. The molecule has 96 valence electrons. The Morgan fingerprint density at radius 3 is 2.56 bits per heavy atom. The van der Waals surface area contributed by atoms with E-state index in [9.17, 15) is 0 Å². The number of hydrogen-bond acceptors (Lipinski definition) is 3. The smallest absolute Gasteiger partial charge is 0.0756 e. The number of para-hydroxylation sites is 1. The molecule has 0 amide bonds. The molecule has 2 aromatic rings. The number of rotatable bonds is 3. The standard InChI is InChI=1S/C15H21N3/c1-10-7-6-8-12-14(10)17-13(9-16-3)11(2)15(12)18(4)5/h6-8,16H,9H2,1-5H3. The Labute approximate surface area is 109 Å². The topological polar surface area (TPSA) is 28.2 Å². The molecule has 0 aliphatic carbocycles. The summed E-state index contributed by atoms with van der Waals surface area (Å²) in [5.41, 5.74) is 5.99. The van der Waals surface area contributed by atoms with Crippen molar-refractivity contribution in [3.05, 3.63) is 35.0 Å². The average Bonchev–Trinajstić information content (AvgIpc) is 2.31. The van der Waals surface area contributed by atoms with Crippen molar-refractivity contribution in [2.75, 3.05) is 26.0 Å². The van der Waals surface area contributed by atoms with Gasteiger partial charge in [0.1, 0.15) is 0 Å². The van der Waals surface area contributed by atoms with E-state index in [0.29, 0.717) is 0 Å². The number of aryl methyl sites for hydroxylation is 1. The normalized spacial score (nSPS) is 10.9. The first-order chi connectivity index (χ1) is 8.56. The molecular formula is C15H21N3. The van der Waals surface area contributed by atoms with Crippen molar-refractivity contribution in [1.82, 2.24) is 10.3 Å². The van der Waals surface area contributed by atoms with Crippen LogP contribution in [-0.2, 0) is 6.54 Å². The quantitative estimate of drug-likeness (QED) is 0.898. The Hall–Kier alpha value is -1.61. The molecule has 3 heteroatoms. The van der Waals surface area contributed by atoms with E-state index in [1.165, 1.54) is 22.2 Å². The SMILES string of the molecule is CNCc1nc2c(C)cccc2c(N(C)C)c1C. The van der Waals surface area contributed by atoms with Crippen molar-refractivity contribution in [3.8, 4) is 0 Å². The van der Waals surface area contributed by atoms with Crippen molar-refractivity contribution in [1.29, 1.82) is 0 Å². The second-order valence-corrected chi connectivity index (χ2v) is 4.93. The Bertz CT molecular complexity index is 573. The molecule has 1 aromatic heterocycles. The fraction of sp³-hybridized carbons (Fsp3) is 0.400. The van der Waals surface area contributed by atoms with Crippen molar-refractivity contribution >= 4 is 16.6 Å². The minimum atomic E-state index is 0.803. The Morgan fingerprint density at radius 1 is 1.22 bits per heavy atom. The molecule has 0 radical (unpaired) electrons. The summed E-state index contributed by atoms with van der Waals surface area (Å²) in [5.74, 6) is 0. The van der Waals surface area contributed by atoms with Crippen LogP contribution >= 0.6 is 0 Å². The largest absolute Gasteiger partial charge is 0.377 e. The maximum Gasteiger partial charge on any atom is 0.0756 e. The van der Waals surface area contributed by atoms with E-state index < -0.39 is 0 Å². The summed E-state index contributed by atoms with van der Waals surface area (Å²) in [7, 11) is 6.14. The van der Waals surface area contributed by atoms with Crippen LogP contribution in [0.15, 0.2) is 18.2 Å². The van der Waals surface area contributed by atoms with E-state index in [-0.39, 0.29) is 0 Å². The molecule has 0 bridgehead atoms. The molecule has 0 fully saturated rings. The molecule has 0 spiro atoms. The lowest BCUT2D eigenvalue weighted by Crippen LogP contribution is -2.16. The first-order valence-electron chi connectivity index (χ1n) is 6.27. The molecule has 1 aromatic carbocycles. The fourth-order valence-corrected chi connectivity index (χ4v) is 2.47. The van der Waals surface area contributed by atoms with Crippen LogP contribution in [0, 0.1) is 13.8 Å². The van der Waals surface area contributed by atoms with E-state index in [1.807, 2.05) is 7.05 Å². The summed E-state index contributed by atoms with van der Waals surface area (Å²) in [5, 5.41) is 4.43. The van der Waals surface area contributed by atoms with Crippen LogP contribution < -0.4 is 10.2 Å². The summed E-state index contributed by atoms with van der Waals surface area (Å²) < 4.78 is 0. The van der Waals surface area contributed by atoms with Crippen molar-refractivity contribution < 1.29 is 0 Å². The van der Waals surface area contributed by atoms with Gasteiger partial charge in [-0.2, -0.15) is 0 Å². The zero-order chi connectivity index (χ0) is 13.3. The molecule has 2 rings (SSSR count). The van der Waals surface area contributed by atoms with E-state index >= 15 is 0 Å². The lowest BCUT2D eigenvalue weighted by molar-refractivity contribution is 0.787. The van der Waals surface area contributed by atoms with E-state index in [4.69, 9.17) is 4.98 Å². The third-order valence-electron chi connectivity index (χ3n) is 3.32. The molecular weight excluding hydrogens is 222 g/mol. The minimum Gasteiger partial charge on any atom is -0.377 e. The first kappa shape index (κ1) is 12.8. The van der Waals surface area contributed by atoms with Gasteiger partial charge in [0.25, 0.3) is 0 Å². The number of anilines is 1. The minimum absolute atomic E-state index is 0.803. The van der Waals surface area contributed by atoms with Crippen LogP contribution in [0.25, 0.3) is 10.9 Å². The molecule has 0 atom stereocenters. The summed E-state index contributed by atoms with van der Waals surface area (Å²) in [6.07, 6.45) is 0. The molecule has 0 aliphatic rings. The zero-order valence-electron chi connectivity index (χ0n) is 11.8. The van der Waals surface area contributed by atoms with Gasteiger partial charge >= 0.3 is 0 Å². The summed E-state index contributed by atoms with van der Waals surface area (Å²) in [6.45, 7) is 5.07. The van der Waals surface area contributed by atoms with Gasteiger partial charge < -0.3 is 10.2 Å². The van der Waals surface area contributed by atoms with E-state index in [1.54, 1.807) is 0 Å². The Kier molecular flexibility index (Phi) is 3.53. The highest BCUT2D eigenvalue weighted by atomic mass is 15.1. The number of nitrogens with one attached hydrogen (secondary N) is 1. The Balaban J connectivity index is 2.83. The summed E-state index contributed by atoms with van der Waals surface area (Å²) in [4.78, 5) is 7.00. The van der Waals surface area contributed by atoms with Gasteiger partial charge in [0.2, 0.25) is 0 Å². The molecule has 1 heterocycles. The summed E-state index contributed by atoms with van der Waals surface area (Å²) in [6, 6.07) is 6.37. The number of aromatic nitrogens is 1. The number of fused-ring (bicyclic) bond motifs is 1. The Morgan fingerprint density at radius 2 is 1.94 bits per heavy atom. The molecule has 0 aliphatic heterocycles. The van der Waals surface area contributed by atoms with Crippen LogP contribution in [-0.4, -0.2) is 26.1 Å². The van der Waals surface area contributed by atoms with Gasteiger partial charge in [0, 0.05) is 26.0 Å². The van der Waals surface area contributed by atoms with E-state index in [2.05, 4.69) is 56.4 Å². The first-order valence-corrected chi connectivity index (χ1v) is 6.27. The van der Waals surface area contributed by atoms with Crippen molar-refractivity contribution in [2.24, 2.45) is 0 Å². The van der Waals surface area contributed by atoms with Crippen LogP contribution in [0.2, 0.25) is 0 Å². The monoisotopic (exact) mass is 243 g/mol. The van der Waals surface area contributed by atoms with Gasteiger partial charge in [-0.15, -0.1) is 0 Å². The number of hydrogen-bond donors (Lipinski definition) is 1. The van der Waals surface area contributed by atoms with Gasteiger partial charge in [-0.05, 0) is 32.0 Å². The van der Waals surface area contributed by atoms with Gasteiger partial charge in [-0.1, -0.05) is 18.2 Å². The summed E-state index contributed by atoms with van der Waals surface area (Å²) >= 11 is 0. The highest BCUT2D eigenvalue weighted by molar-refractivity contribution is 5.95. The second-order valence-electron chi connectivity index (χ2n) is 4.93. The van der Waals surface area contributed by atoms with Crippen molar-refractivity contribution in [2.45, 2.75) is 20.4 Å². The third-order valence-corrected chi connectivity index (χ3v) is 3.32. The molecule has 0 saturated heterocycles. The van der Waals surface area contributed by atoms with Gasteiger partial charge in [0.05, 0.1) is 16.9 Å². The lowest BCUT2D eigenvalue weighted by Gasteiger charge is -2.21. The van der Waals surface area contributed by atoms with Gasteiger partial charge in [-0.3, -0.25) is 4.98 Å². The van der Waals surface area contributed by atoms with Crippen LogP contribution in [0.1, 0.15) is 16.8 Å².